The summed E-state index contributed by atoms with van der Waals surface area (Å²) in [6.45, 7) is 6.56. The van der Waals surface area contributed by atoms with Gasteiger partial charge in [-0.1, -0.05) is 40.0 Å². The zero-order valence-electron chi connectivity index (χ0n) is 12.4. The van der Waals surface area contributed by atoms with Gasteiger partial charge in [-0.2, -0.15) is 0 Å². The first-order chi connectivity index (χ1) is 8.56. The van der Waals surface area contributed by atoms with Crippen LogP contribution in [0.5, 0.6) is 0 Å². The fourth-order valence-corrected chi connectivity index (χ4v) is 2.94. The predicted molar refractivity (Wildman–Crippen MR) is 74.4 cm³/mol. The van der Waals surface area contributed by atoms with Crippen molar-refractivity contribution in [2.75, 3.05) is 7.11 Å². The Morgan fingerprint density at radius 3 is 2.67 bits per heavy atom. The highest BCUT2D eigenvalue weighted by Gasteiger charge is 2.27. The maximum atomic E-state index is 11.8. The lowest BCUT2D eigenvalue weighted by atomic mass is 9.83. The van der Waals surface area contributed by atoms with Gasteiger partial charge in [-0.15, -0.1) is 0 Å². The quantitative estimate of drug-likeness (QED) is 0.741. The van der Waals surface area contributed by atoms with E-state index in [0.717, 1.165) is 12.3 Å². The summed E-state index contributed by atoms with van der Waals surface area (Å²) in [7, 11) is 1.48. The molecular weight excluding hydrogens is 226 g/mol. The van der Waals surface area contributed by atoms with Gasteiger partial charge in [0.05, 0.1) is 7.11 Å². The number of hydrogen-bond donors (Lipinski definition) is 1. The average Bonchev–Trinajstić information content (AvgIpc) is 2.36. The fraction of sp³-hybridized carbons (Fsp3) is 0.933. The summed E-state index contributed by atoms with van der Waals surface area (Å²) < 4.78 is 4.91. The van der Waals surface area contributed by atoms with Crippen molar-refractivity contribution >= 4 is 5.97 Å². The van der Waals surface area contributed by atoms with Crippen molar-refractivity contribution < 1.29 is 9.53 Å². The summed E-state index contributed by atoms with van der Waals surface area (Å²) in [5.41, 5.74) is 0. The van der Waals surface area contributed by atoms with E-state index in [2.05, 4.69) is 26.1 Å². The van der Waals surface area contributed by atoms with Crippen LogP contribution in [-0.2, 0) is 9.53 Å². The van der Waals surface area contributed by atoms with Crippen LogP contribution in [0.25, 0.3) is 0 Å². The predicted octanol–water partition coefficient (Wildman–Crippen LogP) is 3.13. The van der Waals surface area contributed by atoms with E-state index in [-0.39, 0.29) is 12.0 Å². The van der Waals surface area contributed by atoms with Crippen LogP contribution in [0, 0.1) is 11.8 Å². The molecule has 1 fully saturated rings. The standard InChI is InChI=1S/C15H29NO2/c1-5-12-7-6-8-13(10-12)16-14(9-11(2)3)15(17)18-4/h11-14,16H,5-10H2,1-4H3. The minimum absolute atomic E-state index is 0.109. The molecule has 0 aliphatic heterocycles. The Bertz CT molecular complexity index is 253. The van der Waals surface area contributed by atoms with E-state index in [1.807, 2.05) is 0 Å². The molecule has 0 aromatic carbocycles. The Kier molecular flexibility index (Phi) is 6.69. The monoisotopic (exact) mass is 255 g/mol. The minimum Gasteiger partial charge on any atom is -0.468 e. The Morgan fingerprint density at radius 1 is 1.39 bits per heavy atom. The molecule has 106 valence electrons. The van der Waals surface area contributed by atoms with E-state index in [4.69, 9.17) is 4.74 Å². The second-order valence-electron chi connectivity index (χ2n) is 6.01. The number of carbonyl (C=O) groups excluding carboxylic acids is 1. The number of hydrogen-bond acceptors (Lipinski definition) is 3. The van der Waals surface area contributed by atoms with Crippen molar-refractivity contribution in [1.82, 2.24) is 5.32 Å². The number of ether oxygens (including phenoxy) is 1. The summed E-state index contributed by atoms with van der Waals surface area (Å²) in [6.07, 6.45) is 7.16. The van der Waals surface area contributed by atoms with Gasteiger partial charge >= 0.3 is 5.97 Å². The molecule has 0 radical (unpaired) electrons. The normalized spacial score (nSPS) is 26.1. The molecule has 0 amide bonds. The van der Waals surface area contributed by atoms with Crippen LogP contribution in [0.1, 0.15) is 59.3 Å². The maximum Gasteiger partial charge on any atom is 0.322 e. The van der Waals surface area contributed by atoms with Gasteiger partial charge in [0.25, 0.3) is 0 Å². The van der Waals surface area contributed by atoms with Crippen LogP contribution in [0.15, 0.2) is 0 Å². The van der Waals surface area contributed by atoms with E-state index >= 15 is 0 Å². The highest BCUT2D eigenvalue weighted by atomic mass is 16.5. The number of methoxy groups -OCH3 is 1. The highest BCUT2D eigenvalue weighted by Crippen LogP contribution is 2.27. The van der Waals surface area contributed by atoms with Crippen LogP contribution in [0.3, 0.4) is 0 Å². The number of rotatable bonds is 6. The van der Waals surface area contributed by atoms with Gasteiger partial charge in [0, 0.05) is 6.04 Å². The first kappa shape index (κ1) is 15.5. The molecule has 0 heterocycles. The van der Waals surface area contributed by atoms with Crippen LogP contribution >= 0.6 is 0 Å². The number of esters is 1. The van der Waals surface area contributed by atoms with Gasteiger partial charge < -0.3 is 10.1 Å². The van der Waals surface area contributed by atoms with Crippen LogP contribution in [0.2, 0.25) is 0 Å². The van der Waals surface area contributed by atoms with Crippen LogP contribution in [0.4, 0.5) is 0 Å². The third-order valence-electron chi connectivity index (χ3n) is 3.99. The number of nitrogens with one attached hydrogen (secondary N) is 1. The third kappa shape index (κ3) is 4.97. The molecule has 3 atom stereocenters. The molecule has 0 bridgehead atoms. The van der Waals surface area contributed by atoms with Gasteiger partial charge in [0.15, 0.2) is 0 Å². The highest BCUT2D eigenvalue weighted by molar-refractivity contribution is 5.75. The Balaban J connectivity index is 2.51. The Labute approximate surface area is 112 Å². The van der Waals surface area contributed by atoms with Gasteiger partial charge in [-0.25, -0.2) is 0 Å². The van der Waals surface area contributed by atoms with E-state index < -0.39 is 0 Å². The molecule has 1 N–H and O–H groups in total. The summed E-state index contributed by atoms with van der Waals surface area (Å²) in [6, 6.07) is 0.363. The lowest BCUT2D eigenvalue weighted by molar-refractivity contribution is -0.144. The first-order valence-electron chi connectivity index (χ1n) is 7.40. The molecule has 1 aliphatic rings. The average molecular weight is 255 g/mol. The maximum absolute atomic E-state index is 11.8. The molecule has 1 aliphatic carbocycles. The molecule has 0 aromatic rings. The molecule has 3 heteroatoms. The van der Waals surface area contributed by atoms with E-state index in [1.165, 1.54) is 39.2 Å². The smallest absolute Gasteiger partial charge is 0.322 e. The van der Waals surface area contributed by atoms with Crippen molar-refractivity contribution in [3.63, 3.8) is 0 Å². The van der Waals surface area contributed by atoms with Gasteiger partial charge in [-0.05, 0) is 31.1 Å². The van der Waals surface area contributed by atoms with Crippen molar-refractivity contribution in [3.8, 4) is 0 Å². The van der Waals surface area contributed by atoms with Crippen molar-refractivity contribution in [3.05, 3.63) is 0 Å². The van der Waals surface area contributed by atoms with Gasteiger partial charge in [-0.3, -0.25) is 4.79 Å². The second-order valence-corrected chi connectivity index (χ2v) is 6.01. The van der Waals surface area contributed by atoms with E-state index in [9.17, 15) is 4.79 Å². The zero-order valence-corrected chi connectivity index (χ0v) is 12.4. The molecule has 1 rings (SSSR count). The second kappa shape index (κ2) is 7.78. The summed E-state index contributed by atoms with van der Waals surface area (Å²) in [4.78, 5) is 11.8. The van der Waals surface area contributed by atoms with Crippen molar-refractivity contribution in [2.45, 2.75) is 71.4 Å². The number of carbonyl (C=O) groups is 1. The Morgan fingerprint density at radius 2 is 2.11 bits per heavy atom. The minimum atomic E-state index is -0.129. The van der Waals surface area contributed by atoms with Crippen LogP contribution < -0.4 is 5.32 Å². The molecule has 0 saturated heterocycles. The molecule has 3 nitrogen and oxygen atoms in total. The van der Waals surface area contributed by atoms with E-state index in [0.29, 0.717) is 12.0 Å². The lowest BCUT2D eigenvalue weighted by Gasteiger charge is -2.32. The molecule has 1 saturated carbocycles. The lowest BCUT2D eigenvalue weighted by Crippen LogP contribution is -2.46. The van der Waals surface area contributed by atoms with Gasteiger partial charge in [0.2, 0.25) is 0 Å². The Hall–Kier alpha value is -0.570. The molecule has 0 spiro atoms. The van der Waals surface area contributed by atoms with Crippen LogP contribution in [-0.4, -0.2) is 25.2 Å². The third-order valence-corrected chi connectivity index (χ3v) is 3.99. The van der Waals surface area contributed by atoms with Crippen molar-refractivity contribution in [2.24, 2.45) is 11.8 Å². The van der Waals surface area contributed by atoms with Gasteiger partial charge in [0.1, 0.15) is 6.04 Å². The van der Waals surface area contributed by atoms with Crippen molar-refractivity contribution in [1.29, 1.82) is 0 Å². The largest absolute Gasteiger partial charge is 0.468 e. The van der Waals surface area contributed by atoms with E-state index in [1.54, 1.807) is 0 Å². The SMILES string of the molecule is CCC1CCCC(NC(CC(C)C)C(=O)OC)C1. The molecule has 0 aromatic heterocycles. The summed E-state index contributed by atoms with van der Waals surface area (Å²) in [5, 5.41) is 3.53. The molecule has 18 heavy (non-hydrogen) atoms. The summed E-state index contributed by atoms with van der Waals surface area (Å²) >= 11 is 0. The first-order valence-corrected chi connectivity index (χ1v) is 7.40. The zero-order chi connectivity index (χ0) is 13.5. The molecular formula is C15H29NO2. The summed E-state index contributed by atoms with van der Waals surface area (Å²) in [5.74, 6) is 1.23. The molecule has 3 unspecified atom stereocenters. The topological polar surface area (TPSA) is 38.3 Å². The fourth-order valence-electron chi connectivity index (χ4n) is 2.94.